The molecule has 5 aromatic rings. The van der Waals surface area contributed by atoms with Gasteiger partial charge in [-0.25, -0.2) is 4.98 Å². The summed E-state index contributed by atoms with van der Waals surface area (Å²) in [6.07, 6.45) is 3.27. The number of para-hydroxylation sites is 1. The van der Waals surface area contributed by atoms with Gasteiger partial charge < -0.3 is 14.0 Å². The van der Waals surface area contributed by atoms with Gasteiger partial charge in [0.15, 0.2) is 11.0 Å². The molecule has 0 radical (unpaired) electrons. The lowest BCUT2D eigenvalue weighted by Crippen LogP contribution is -2.27. The normalized spacial score (nSPS) is 14.1. The maximum absolute atomic E-state index is 5.26. The van der Waals surface area contributed by atoms with E-state index in [1.54, 1.807) is 11.8 Å². The van der Waals surface area contributed by atoms with Crippen molar-refractivity contribution in [1.29, 1.82) is 0 Å². The fourth-order valence-electron chi connectivity index (χ4n) is 4.96. The van der Waals surface area contributed by atoms with E-state index in [1.165, 1.54) is 11.1 Å². The molecule has 8 heteroatoms. The maximum atomic E-state index is 5.26. The fraction of sp³-hybridized carbons (Fsp3) is 0.310. The van der Waals surface area contributed by atoms with E-state index in [-0.39, 0.29) is 0 Å². The van der Waals surface area contributed by atoms with Gasteiger partial charge in [0.25, 0.3) is 0 Å². The molecule has 6 rings (SSSR count). The number of benzene rings is 2. The molecular formula is C29H30N6OS. The highest BCUT2D eigenvalue weighted by atomic mass is 32.2. The molecule has 2 aromatic carbocycles. The number of pyridine rings is 1. The predicted molar refractivity (Wildman–Crippen MR) is 148 cm³/mol. The Kier molecular flexibility index (Phi) is 6.76. The van der Waals surface area contributed by atoms with Gasteiger partial charge in [-0.3, -0.25) is 0 Å². The van der Waals surface area contributed by atoms with Crippen LogP contribution in [0.5, 0.6) is 0 Å². The predicted octanol–water partition coefficient (Wildman–Crippen LogP) is 5.58. The van der Waals surface area contributed by atoms with Crippen LogP contribution in [0.15, 0.2) is 70.3 Å². The summed E-state index contributed by atoms with van der Waals surface area (Å²) in [4.78, 5) is 7.36. The lowest BCUT2D eigenvalue weighted by atomic mass is 9.99. The van der Waals surface area contributed by atoms with Crippen molar-refractivity contribution in [1.82, 2.24) is 29.8 Å². The van der Waals surface area contributed by atoms with Crippen molar-refractivity contribution in [2.45, 2.75) is 31.3 Å². The van der Waals surface area contributed by atoms with Crippen LogP contribution >= 0.6 is 11.8 Å². The number of fused-ring (bicyclic) bond motifs is 2. The molecule has 0 saturated carbocycles. The molecule has 37 heavy (non-hydrogen) atoms. The number of rotatable bonds is 7. The van der Waals surface area contributed by atoms with E-state index >= 15 is 0 Å². The molecule has 0 spiro atoms. The summed E-state index contributed by atoms with van der Waals surface area (Å²) in [5.74, 6) is 2.66. The van der Waals surface area contributed by atoms with Gasteiger partial charge in [-0.1, -0.05) is 53.3 Å². The molecule has 1 aliphatic rings. The number of aryl methyl sites for hydroxylation is 1. The molecule has 0 unspecified atom stereocenters. The first kappa shape index (κ1) is 23.9. The number of aromatic nitrogens is 5. The third-order valence-electron chi connectivity index (χ3n) is 7.04. The summed E-state index contributed by atoms with van der Waals surface area (Å²) in [5, 5.41) is 15.1. The second kappa shape index (κ2) is 10.5. The van der Waals surface area contributed by atoms with E-state index in [1.807, 2.05) is 44.3 Å². The summed E-state index contributed by atoms with van der Waals surface area (Å²) >= 11 is 1.77. The van der Waals surface area contributed by atoms with Crippen molar-refractivity contribution < 1.29 is 4.52 Å². The summed E-state index contributed by atoms with van der Waals surface area (Å²) in [5.41, 5.74) is 6.77. The molecule has 188 valence electrons. The van der Waals surface area contributed by atoms with Crippen LogP contribution in [0, 0.1) is 6.92 Å². The van der Waals surface area contributed by atoms with Gasteiger partial charge in [0.2, 0.25) is 0 Å². The number of nitrogens with zero attached hydrogens (tertiary/aromatic N) is 6. The minimum absolute atomic E-state index is 0.804. The number of thioether (sulfide) groups is 1. The Labute approximate surface area is 220 Å². The monoisotopic (exact) mass is 510 g/mol. The average Bonchev–Trinajstić information content (AvgIpc) is 3.46. The van der Waals surface area contributed by atoms with Crippen LogP contribution in [-0.4, -0.2) is 55.2 Å². The lowest BCUT2D eigenvalue weighted by Gasteiger charge is -2.19. The van der Waals surface area contributed by atoms with Crippen LogP contribution < -0.4 is 0 Å². The number of hydrogen-bond acceptors (Lipinski definition) is 7. The SMILES string of the molecule is Cc1cc(-c2ccc3c(c2)CCN(CCCSc2nnc(-c4ccc5ccccc5n4)n2C)CC3)no1. The molecule has 7 nitrogen and oxygen atoms in total. The van der Waals surface area contributed by atoms with E-state index in [0.29, 0.717) is 0 Å². The maximum Gasteiger partial charge on any atom is 0.191 e. The topological polar surface area (TPSA) is 72.9 Å². The van der Waals surface area contributed by atoms with Crippen LogP contribution in [0.25, 0.3) is 33.7 Å². The molecule has 0 saturated heterocycles. The second-order valence-corrected chi connectivity index (χ2v) is 10.7. The smallest absolute Gasteiger partial charge is 0.191 e. The lowest BCUT2D eigenvalue weighted by molar-refractivity contribution is 0.289. The van der Waals surface area contributed by atoms with Crippen molar-refractivity contribution in [3.05, 3.63) is 77.6 Å². The molecule has 0 N–H and O–H groups in total. The van der Waals surface area contributed by atoms with Crippen molar-refractivity contribution >= 4 is 22.7 Å². The third-order valence-corrected chi connectivity index (χ3v) is 8.14. The van der Waals surface area contributed by atoms with Gasteiger partial charge in [0.05, 0.1) is 5.52 Å². The summed E-state index contributed by atoms with van der Waals surface area (Å²) in [7, 11) is 2.02. The van der Waals surface area contributed by atoms with Gasteiger partial charge in [-0.05, 0) is 62.1 Å². The molecule has 0 fully saturated rings. The van der Waals surface area contributed by atoms with Crippen molar-refractivity contribution in [3.8, 4) is 22.8 Å². The van der Waals surface area contributed by atoms with E-state index in [9.17, 15) is 0 Å². The number of hydrogen-bond donors (Lipinski definition) is 0. The molecular weight excluding hydrogens is 480 g/mol. The van der Waals surface area contributed by atoms with Crippen molar-refractivity contribution in [3.63, 3.8) is 0 Å². The van der Waals surface area contributed by atoms with Gasteiger partial charge in [-0.15, -0.1) is 10.2 Å². The fourth-order valence-corrected chi connectivity index (χ4v) is 5.80. The Morgan fingerprint density at radius 3 is 2.65 bits per heavy atom. The first-order chi connectivity index (χ1) is 18.1. The Balaban J connectivity index is 1.02. The van der Waals surface area contributed by atoms with Gasteiger partial charge in [0, 0.05) is 42.9 Å². The highest BCUT2D eigenvalue weighted by molar-refractivity contribution is 7.99. The van der Waals surface area contributed by atoms with Crippen LogP contribution in [0.2, 0.25) is 0 Å². The van der Waals surface area contributed by atoms with Gasteiger partial charge >= 0.3 is 0 Å². The molecule has 1 aliphatic heterocycles. The molecule has 0 amide bonds. The quantitative estimate of drug-likeness (QED) is 0.209. The molecule has 3 aromatic heterocycles. The molecule has 4 heterocycles. The zero-order chi connectivity index (χ0) is 25.2. The molecule has 0 atom stereocenters. The largest absolute Gasteiger partial charge is 0.361 e. The Bertz CT molecular complexity index is 1540. The van der Waals surface area contributed by atoms with E-state index < -0.39 is 0 Å². The Morgan fingerprint density at radius 1 is 0.919 bits per heavy atom. The Morgan fingerprint density at radius 2 is 1.78 bits per heavy atom. The highest BCUT2D eigenvalue weighted by Crippen LogP contribution is 2.26. The average molecular weight is 511 g/mol. The van der Waals surface area contributed by atoms with Crippen molar-refractivity contribution in [2.75, 3.05) is 25.4 Å². The summed E-state index contributed by atoms with van der Waals surface area (Å²) in [6, 6.07) is 21.0. The van der Waals surface area contributed by atoms with Crippen LogP contribution in [0.4, 0.5) is 0 Å². The van der Waals surface area contributed by atoms with Crippen molar-refractivity contribution in [2.24, 2.45) is 7.05 Å². The standard InChI is InChI=1S/C29H30N6OS/c1-20-18-27(33-36-20)24-9-8-21-12-15-35(16-13-23(21)19-24)14-5-17-37-29-32-31-28(34(29)2)26-11-10-22-6-3-4-7-25(22)30-26/h3-4,6-11,18-19H,5,12-17H2,1-2H3. The van der Waals surface area contributed by atoms with Gasteiger partial charge in [-0.2, -0.15) is 0 Å². The van der Waals surface area contributed by atoms with E-state index in [4.69, 9.17) is 9.51 Å². The highest BCUT2D eigenvalue weighted by Gasteiger charge is 2.16. The first-order valence-corrected chi connectivity index (χ1v) is 13.8. The first-order valence-electron chi connectivity index (χ1n) is 12.8. The van der Waals surface area contributed by atoms with E-state index in [2.05, 4.69) is 55.2 Å². The molecule has 0 bridgehead atoms. The molecule has 0 aliphatic carbocycles. The zero-order valence-corrected chi connectivity index (χ0v) is 22.0. The van der Waals surface area contributed by atoms with Crippen LogP contribution in [0.3, 0.4) is 0 Å². The van der Waals surface area contributed by atoms with E-state index in [0.717, 1.165) is 89.2 Å². The minimum Gasteiger partial charge on any atom is -0.361 e. The van der Waals surface area contributed by atoms with Crippen LogP contribution in [0.1, 0.15) is 23.3 Å². The Hall–Kier alpha value is -3.49. The zero-order valence-electron chi connectivity index (χ0n) is 21.2. The summed E-state index contributed by atoms with van der Waals surface area (Å²) in [6.45, 7) is 5.21. The second-order valence-electron chi connectivity index (χ2n) is 9.60. The van der Waals surface area contributed by atoms with Gasteiger partial charge in [0.1, 0.15) is 17.1 Å². The third kappa shape index (κ3) is 5.17. The van der Waals surface area contributed by atoms with Crippen LogP contribution in [-0.2, 0) is 19.9 Å². The summed E-state index contributed by atoms with van der Waals surface area (Å²) < 4.78 is 7.32. The minimum atomic E-state index is 0.804.